The maximum atomic E-state index is 5.53. The summed E-state index contributed by atoms with van der Waals surface area (Å²) >= 11 is 0. The highest BCUT2D eigenvalue weighted by Gasteiger charge is 2.10. The molecule has 0 aliphatic carbocycles. The van der Waals surface area contributed by atoms with Gasteiger partial charge in [-0.05, 0) is 34.6 Å². The van der Waals surface area contributed by atoms with Gasteiger partial charge in [0.2, 0.25) is 0 Å². The van der Waals surface area contributed by atoms with E-state index >= 15 is 0 Å². The van der Waals surface area contributed by atoms with Crippen molar-refractivity contribution in [2.45, 2.75) is 53.1 Å². The lowest BCUT2D eigenvalue weighted by Gasteiger charge is -2.20. The van der Waals surface area contributed by atoms with E-state index in [9.17, 15) is 0 Å². The minimum atomic E-state index is -0.274. The lowest BCUT2D eigenvalue weighted by Crippen LogP contribution is -2.27. The van der Waals surface area contributed by atoms with Gasteiger partial charge in [-0.1, -0.05) is 0 Å². The van der Waals surface area contributed by atoms with E-state index in [0.717, 1.165) is 0 Å². The summed E-state index contributed by atoms with van der Waals surface area (Å²) in [5.41, 5.74) is 0. The van der Waals surface area contributed by atoms with Crippen molar-refractivity contribution in [3.05, 3.63) is 0 Å². The molecule has 16 heavy (non-hydrogen) atoms. The number of rotatable bonds is 10. The molecule has 0 N–H and O–H groups in total. The van der Waals surface area contributed by atoms with Crippen LogP contribution in [-0.4, -0.2) is 44.9 Å². The van der Waals surface area contributed by atoms with Crippen LogP contribution in [0.5, 0.6) is 0 Å². The number of ether oxygens (including phenoxy) is 4. The monoisotopic (exact) mass is 234 g/mol. The molecule has 0 amide bonds. The smallest absolute Gasteiger partial charge is 0.181 e. The Morgan fingerprint density at radius 1 is 0.875 bits per heavy atom. The standard InChI is InChI=1S/C12H26O4/c1-6-14-12(16-11(4)5)9-13-7-8-15-10(2)3/h10-12H,6-9H2,1-5H3. The van der Waals surface area contributed by atoms with E-state index in [-0.39, 0.29) is 18.5 Å². The van der Waals surface area contributed by atoms with Gasteiger partial charge in [0, 0.05) is 6.61 Å². The maximum absolute atomic E-state index is 5.53. The summed E-state index contributed by atoms with van der Waals surface area (Å²) in [6.45, 7) is 12.2. The molecule has 0 spiro atoms. The third-order valence-electron chi connectivity index (χ3n) is 1.71. The van der Waals surface area contributed by atoms with Crippen molar-refractivity contribution in [2.75, 3.05) is 26.4 Å². The predicted molar refractivity (Wildman–Crippen MR) is 63.5 cm³/mol. The Hall–Kier alpha value is -0.160. The van der Waals surface area contributed by atoms with Crippen LogP contribution in [0.25, 0.3) is 0 Å². The second-order valence-corrected chi connectivity index (χ2v) is 4.06. The van der Waals surface area contributed by atoms with Crippen molar-refractivity contribution in [3.63, 3.8) is 0 Å². The van der Waals surface area contributed by atoms with Crippen molar-refractivity contribution in [1.82, 2.24) is 0 Å². The zero-order valence-corrected chi connectivity index (χ0v) is 11.2. The van der Waals surface area contributed by atoms with Crippen molar-refractivity contribution in [3.8, 4) is 0 Å². The van der Waals surface area contributed by atoms with Crippen LogP contribution in [0.1, 0.15) is 34.6 Å². The van der Waals surface area contributed by atoms with Crippen molar-refractivity contribution >= 4 is 0 Å². The number of hydrogen-bond donors (Lipinski definition) is 0. The Morgan fingerprint density at radius 3 is 2.06 bits per heavy atom. The van der Waals surface area contributed by atoms with E-state index in [4.69, 9.17) is 18.9 Å². The van der Waals surface area contributed by atoms with Gasteiger partial charge in [-0.3, -0.25) is 0 Å². The SMILES string of the molecule is CCOC(COCCOC(C)C)OC(C)C. The summed E-state index contributed by atoms with van der Waals surface area (Å²) in [7, 11) is 0. The van der Waals surface area contributed by atoms with Crippen LogP contribution in [-0.2, 0) is 18.9 Å². The fraction of sp³-hybridized carbons (Fsp3) is 1.00. The number of hydrogen-bond acceptors (Lipinski definition) is 4. The van der Waals surface area contributed by atoms with Crippen LogP contribution in [0, 0.1) is 0 Å². The second-order valence-electron chi connectivity index (χ2n) is 4.06. The molecule has 98 valence electrons. The van der Waals surface area contributed by atoms with Crippen LogP contribution in [0.15, 0.2) is 0 Å². The normalized spacial score (nSPS) is 13.7. The van der Waals surface area contributed by atoms with Gasteiger partial charge in [0.25, 0.3) is 0 Å². The molecule has 0 aliphatic rings. The summed E-state index contributed by atoms with van der Waals surface area (Å²) in [6.07, 6.45) is 0.120. The van der Waals surface area contributed by atoms with Crippen LogP contribution in [0.2, 0.25) is 0 Å². The molecule has 0 fully saturated rings. The highest BCUT2D eigenvalue weighted by atomic mass is 16.7. The third kappa shape index (κ3) is 10.4. The molecule has 0 bridgehead atoms. The minimum Gasteiger partial charge on any atom is -0.376 e. The molecule has 0 heterocycles. The first-order valence-electron chi connectivity index (χ1n) is 6.02. The fourth-order valence-electron chi connectivity index (χ4n) is 1.14. The zero-order valence-electron chi connectivity index (χ0n) is 11.2. The molecule has 4 nitrogen and oxygen atoms in total. The second kappa shape index (κ2) is 10.0. The van der Waals surface area contributed by atoms with Crippen molar-refractivity contribution < 1.29 is 18.9 Å². The predicted octanol–water partition coefficient (Wildman–Crippen LogP) is 2.22. The lowest BCUT2D eigenvalue weighted by atomic mass is 10.5. The van der Waals surface area contributed by atoms with Gasteiger partial charge in [0.05, 0.1) is 32.0 Å². The maximum Gasteiger partial charge on any atom is 0.181 e. The summed E-state index contributed by atoms with van der Waals surface area (Å²) in [5.74, 6) is 0. The molecule has 1 atom stereocenters. The summed E-state index contributed by atoms with van der Waals surface area (Å²) < 4.78 is 21.7. The van der Waals surface area contributed by atoms with Crippen LogP contribution < -0.4 is 0 Å². The van der Waals surface area contributed by atoms with Gasteiger partial charge in [0.1, 0.15) is 0 Å². The molecule has 0 saturated heterocycles. The first-order chi connectivity index (χ1) is 7.56. The summed E-state index contributed by atoms with van der Waals surface area (Å²) in [6, 6.07) is 0. The van der Waals surface area contributed by atoms with Crippen molar-refractivity contribution in [2.24, 2.45) is 0 Å². The molecule has 4 heteroatoms. The van der Waals surface area contributed by atoms with E-state index in [1.165, 1.54) is 0 Å². The van der Waals surface area contributed by atoms with Crippen LogP contribution >= 0.6 is 0 Å². The molecule has 0 aromatic rings. The molecular weight excluding hydrogens is 208 g/mol. The summed E-state index contributed by atoms with van der Waals surface area (Å²) in [4.78, 5) is 0. The molecular formula is C12H26O4. The molecule has 0 radical (unpaired) electrons. The first kappa shape index (κ1) is 15.8. The van der Waals surface area contributed by atoms with Gasteiger partial charge in [0.15, 0.2) is 6.29 Å². The highest BCUT2D eigenvalue weighted by Crippen LogP contribution is 2.01. The van der Waals surface area contributed by atoms with E-state index in [2.05, 4.69) is 0 Å². The largest absolute Gasteiger partial charge is 0.376 e. The molecule has 0 aliphatic heterocycles. The van der Waals surface area contributed by atoms with E-state index in [0.29, 0.717) is 26.4 Å². The van der Waals surface area contributed by atoms with E-state index in [1.54, 1.807) is 0 Å². The highest BCUT2D eigenvalue weighted by molar-refractivity contribution is 4.46. The zero-order chi connectivity index (χ0) is 12.4. The minimum absolute atomic E-state index is 0.145. The Balaban J connectivity index is 3.51. The Labute approximate surface area is 99.2 Å². The molecule has 1 unspecified atom stereocenters. The molecule has 0 saturated carbocycles. The van der Waals surface area contributed by atoms with E-state index < -0.39 is 0 Å². The Morgan fingerprint density at radius 2 is 1.56 bits per heavy atom. The van der Waals surface area contributed by atoms with Crippen LogP contribution in [0.4, 0.5) is 0 Å². The lowest BCUT2D eigenvalue weighted by molar-refractivity contribution is -0.189. The van der Waals surface area contributed by atoms with Gasteiger partial charge in [-0.2, -0.15) is 0 Å². The third-order valence-corrected chi connectivity index (χ3v) is 1.71. The van der Waals surface area contributed by atoms with Gasteiger partial charge in [-0.15, -0.1) is 0 Å². The average molecular weight is 234 g/mol. The Kier molecular flexibility index (Phi) is 9.92. The van der Waals surface area contributed by atoms with E-state index in [1.807, 2.05) is 34.6 Å². The fourth-order valence-corrected chi connectivity index (χ4v) is 1.14. The molecule has 0 rings (SSSR count). The average Bonchev–Trinajstić information content (AvgIpc) is 2.16. The quantitative estimate of drug-likeness (QED) is 0.429. The van der Waals surface area contributed by atoms with Crippen LogP contribution in [0.3, 0.4) is 0 Å². The van der Waals surface area contributed by atoms with Crippen molar-refractivity contribution in [1.29, 1.82) is 0 Å². The van der Waals surface area contributed by atoms with Gasteiger partial charge >= 0.3 is 0 Å². The van der Waals surface area contributed by atoms with Gasteiger partial charge < -0.3 is 18.9 Å². The molecule has 0 aromatic heterocycles. The molecule has 0 aromatic carbocycles. The van der Waals surface area contributed by atoms with Gasteiger partial charge in [-0.25, -0.2) is 0 Å². The summed E-state index contributed by atoms with van der Waals surface area (Å²) in [5, 5.41) is 0. The topological polar surface area (TPSA) is 36.9 Å². The Bertz CT molecular complexity index is 148. The first-order valence-corrected chi connectivity index (χ1v) is 6.02.